The van der Waals surface area contributed by atoms with Crippen LogP contribution in [0, 0.1) is 0 Å². The predicted octanol–water partition coefficient (Wildman–Crippen LogP) is 2.75. The van der Waals surface area contributed by atoms with Gasteiger partial charge in [-0.25, -0.2) is 9.50 Å². The van der Waals surface area contributed by atoms with E-state index in [1.165, 1.54) is 0 Å². The van der Waals surface area contributed by atoms with E-state index in [2.05, 4.69) is 37.8 Å². The molecule has 0 spiro atoms. The number of fused-ring (bicyclic) bond motifs is 1. The molecule has 0 fully saturated rings. The van der Waals surface area contributed by atoms with Crippen molar-refractivity contribution in [1.82, 2.24) is 14.6 Å². The molecule has 0 bridgehead atoms. The van der Waals surface area contributed by atoms with Crippen molar-refractivity contribution in [2.45, 2.75) is 52.0 Å². The molecule has 20 heavy (non-hydrogen) atoms. The second-order valence-corrected chi connectivity index (χ2v) is 5.64. The fourth-order valence-electron chi connectivity index (χ4n) is 1.98. The van der Waals surface area contributed by atoms with Gasteiger partial charge >= 0.3 is 0 Å². The van der Waals surface area contributed by atoms with E-state index in [9.17, 15) is 0 Å². The van der Waals surface area contributed by atoms with E-state index in [1.54, 1.807) is 6.20 Å². The van der Waals surface area contributed by atoms with Crippen molar-refractivity contribution >= 4 is 5.52 Å². The van der Waals surface area contributed by atoms with Crippen molar-refractivity contribution in [3.63, 3.8) is 0 Å². The van der Waals surface area contributed by atoms with E-state index in [0.29, 0.717) is 18.4 Å². The second-order valence-electron chi connectivity index (χ2n) is 5.64. The average Bonchev–Trinajstić information content (AvgIpc) is 2.89. The maximum absolute atomic E-state index is 6.27. The molecule has 2 aromatic heterocycles. The Morgan fingerprint density at radius 2 is 2.05 bits per heavy atom. The quantitative estimate of drug-likeness (QED) is 0.881. The summed E-state index contributed by atoms with van der Waals surface area (Å²) in [6.45, 7) is 8.87. The van der Waals surface area contributed by atoms with E-state index in [4.69, 9.17) is 10.5 Å². The molecule has 110 valence electrons. The van der Waals surface area contributed by atoms with Crippen LogP contribution in [0.2, 0.25) is 0 Å². The van der Waals surface area contributed by atoms with Gasteiger partial charge < -0.3 is 10.5 Å². The van der Waals surface area contributed by atoms with Gasteiger partial charge in [0.25, 0.3) is 0 Å². The highest BCUT2D eigenvalue weighted by atomic mass is 16.5. The molecular formula is C15H24N4O. The Morgan fingerprint density at radius 3 is 2.65 bits per heavy atom. The van der Waals surface area contributed by atoms with Gasteiger partial charge in [0.2, 0.25) is 5.88 Å². The van der Waals surface area contributed by atoms with Crippen LogP contribution in [0.4, 0.5) is 0 Å². The first-order chi connectivity index (χ1) is 9.49. The molecule has 0 aliphatic carbocycles. The number of nitrogens with zero attached hydrogens (tertiary/aromatic N) is 3. The lowest BCUT2D eigenvalue weighted by Gasteiger charge is -2.26. The first-order valence-corrected chi connectivity index (χ1v) is 7.25. The summed E-state index contributed by atoms with van der Waals surface area (Å²) in [5.74, 6) is 0.978. The minimum atomic E-state index is -0.296. The van der Waals surface area contributed by atoms with Crippen LogP contribution in [0.25, 0.3) is 5.52 Å². The summed E-state index contributed by atoms with van der Waals surface area (Å²) in [7, 11) is 0. The van der Waals surface area contributed by atoms with E-state index >= 15 is 0 Å². The largest absolute Gasteiger partial charge is 0.474 e. The molecule has 2 rings (SSSR count). The van der Waals surface area contributed by atoms with Crippen molar-refractivity contribution in [3.05, 3.63) is 24.2 Å². The molecule has 5 heteroatoms. The highest BCUT2D eigenvalue weighted by molar-refractivity contribution is 5.56. The Balaban J connectivity index is 2.26. The summed E-state index contributed by atoms with van der Waals surface area (Å²) < 4.78 is 7.68. The fourth-order valence-corrected chi connectivity index (χ4v) is 1.98. The Morgan fingerprint density at radius 1 is 1.35 bits per heavy atom. The number of hydrogen-bond donors (Lipinski definition) is 1. The van der Waals surface area contributed by atoms with Gasteiger partial charge in [0.15, 0.2) is 0 Å². The van der Waals surface area contributed by atoms with Crippen LogP contribution in [0.15, 0.2) is 18.5 Å². The van der Waals surface area contributed by atoms with Crippen molar-refractivity contribution < 1.29 is 4.74 Å². The Bertz CT molecular complexity index is 572. The fraction of sp³-hybridized carbons (Fsp3) is 0.600. The van der Waals surface area contributed by atoms with Crippen molar-refractivity contribution in [2.75, 3.05) is 6.61 Å². The SMILES string of the molecule is CCC(N)(CC)COc1nccn2nc(C(C)C)cc12. The number of aromatic nitrogens is 3. The molecule has 0 aromatic carbocycles. The van der Waals surface area contributed by atoms with Crippen LogP contribution < -0.4 is 10.5 Å². The van der Waals surface area contributed by atoms with Crippen molar-refractivity contribution in [2.24, 2.45) is 5.73 Å². The monoisotopic (exact) mass is 276 g/mol. The van der Waals surface area contributed by atoms with Gasteiger partial charge in [-0.05, 0) is 24.8 Å². The molecule has 5 nitrogen and oxygen atoms in total. The summed E-state index contributed by atoms with van der Waals surface area (Å²) in [4.78, 5) is 4.31. The Labute approximate surface area is 120 Å². The number of nitrogens with two attached hydrogens (primary N) is 1. The summed E-state index contributed by atoms with van der Waals surface area (Å²) >= 11 is 0. The minimum absolute atomic E-state index is 0.296. The first kappa shape index (κ1) is 14.8. The molecule has 2 N–H and O–H groups in total. The lowest BCUT2D eigenvalue weighted by Crippen LogP contribution is -2.44. The molecule has 0 aliphatic heterocycles. The first-order valence-electron chi connectivity index (χ1n) is 7.25. The third kappa shape index (κ3) is 2.93. The molecule has 0 unspecified atom stereocenters. The number of rotatable bonds is 6. The molecule has 0 atom stereocenters. The van der Waals surface area contributed by atoms with E-state index in [-0.39, 0.29) is 5.54 Å². The number of ether oxygens (including phenoxy) is 1. The standard InChI is InChI=1S/C15H24N4O/c1-5-15(16,6-2)10-20-14-13-9-12(11(3)4)18-19(13)8-7-17-14/h7-9,11H,5-6,10,16H2,1-4H3. The zero-order valence-corrected chi connectivity index (χ0v) is 12.8. The van der Waals surface area contributed by atoms with Crippen molar-refractivity contribution in [1.29, 1.82) is 0 Å². The van der Waals surface area contributed by atoms with Crippen LogP contribution in [-0.4, -0.2) is 26.7 Å². The zero-order valence-electron chi connectivity index (χ0n) is 12.8. The van der Waals surface area contributed by atoms with E-state index in [1.807, 2.05) is 16.8 Å². The highest BCUT2D eigenvalue weighted by Crippen LogP contribution is 2.22. The summed E-state index contributed by atoms with van der Waals surface area (Å²) in [6.07, 6.45) is 5.30. The normalized spacial score (nSPS) is 12.3. The number of hydrogen-bond acceptors (Lipinski definition) is 4. The molecule has 0 saturated heterocycles. The molecular weight excluding hydrogens is 252 g/mol. The Hall–Kier alpha value is -1.62. The lowest BCUT2D eigenvalue weighted by atomic mass is 9.96. The van der Waals surface area contributed by atoms with E-state index in [0.717, 1.165) is 24.1 Å². The zero-order chi connectivity index (χ0) is 14.8. The smallest absolute Gasteiger partial charge is 0.240 e. The third-order valence-electron chi connectivity index (χ3n) is 3.87. The average molecular weight is 276 g/mol. The van der Waals surface area contributed by atoms with Gasteiger partial charge in [0.1, 0.15) is 12.1 Å². The van der Waals surface area contributed by atoms with Crippen LogP contribution in [0.3, 0.4) is 0 Å². The van der Waals surface area contributed by atoms with Crippen LogP contribution in [0.5, 0.6) is 5.88 Å². The van der Waals surface area contributed by atoms with Gasteiger partial charge in [-0.1, -0.05) is 27.7 Å². The molecule has 0 aliphatic rings. The molecule has 0 saturated carbocycles. The third-order valence-corrected chi connectivity index (χ3v) is 3.87. The van der Waals surface area contributed by atoms with Crippen LogP contribution in [0.1, 0.15) is 52.1 Å². The minimum Gasteiger partial charge on any atom is -0.474 e. The van der Waals surface area contributed by atoms with Crippen LogP contribution >= 0.6 is 0 Å². The summed E-state index contributed by atoms with van der Waals surface area (Å²) in [5.41, 5.74) is 7.90. The molecule has 2 heterocycles. The highest BCUT2D eigenvalue weighted by Gasteiger charge is 2.22. The maximum atomic E-state index is 6.27. The van der Waals surface area contributed by atoms with Crippen molar-refractivity contribution in [3.8, 4) is 5.88 Å². The molecule has 0 amide bonds. The van der Waals surface area contributed by atoms with Gasteiger partial charge in [0.05, 0.1) is 5.69 Å². The Kier molecular flexibility index (Phi) is 4.28. The molecule has 0 radical (unpaired) electrons. The van der Waals surface area contributed by atoms with Gasteiger partial charge in [-0.2, -0.15) is 5.10 Å². The van der Waals surface area contributed by atoms with Crippen LogP contribution in [-0.2, 0) is 0 Å². The molecule has 2 aromatic rings. The van der Waals surface area contributed by atoms with Gasteiger partial charge in [-0.3, -0.25) is 0 Å². The second kappa shape index (κ2) is 5.79. The lowest BCUT2D eigenvalue weighted by molar-refractivity contribution is 0.202. The van der Waals surface area contributed by atoms with Gasteiger partial charge in [0, 0.05) is 17.9 Å². The topological polar surface area (TPSA) is 65.4 Å². The summed E-state index contributed by atoms with van der Waals surface area (Å²) in [5, 5.41) is 4.52. The summed E-state index contributed by atoms with van der Waals surface area (Å²) in [6, 6.07) is 2.03. The maximum Gasteiger partial charge on any atom is 0.240 e. The predicted molar refractivity (Wildman–Crippen MR) is 80.1 cm³/mol. The van der Waals surface area contributed by atoms with E-state index < -0.39 is 0 Å². The van der Waals surface area contributed by atoms with Gasteiger partial charge in [-0.15, -0.1) is 0 Å².